The summed E-state index contributed by atoms with van der Waals surface area (Å²) in [5.74, 6) is -0.0532. The Hall–Kier alpha value is -0.180. The summed E-state index contributed by atoms with van der Waals surface area (Å²) in [6.07, 6.45) is 0.0764. The van der Waals surface area contributed by atoms with Gasteiger partial charge in [0.05, 0.1) is 18.3 Å². The van der Waals surface area contributed by atoms with E-state index in [-0.39, 0.29) is 12.0 Å². The number of halogens is 2. The molecule has 1 unspecified atom stereocenters. The minimum Gasteiger partial charge on any atom is -0.374 e. The van der Waals surface area contributed by atoms with Crippen molar-refractivity contribution < 1.29 is 9.53 Å². The van der Waals surface area contributed by atoms with E-state index in [0.717, 1.165) is 27.7 Å². The van der Waals surface area contributed by atoms with Gasteiger partial charge in [-0.1, -0.05) is 15.9 Å². The van der Waals surface area contributed by atoms with Crippen LogP contribution >= 0.6 is 38.5 Å². The molecule has 0 radical (unpaired) electrons. The number of carbonyl (C=O) groups is 1. The summed E-state index contributed by atoms with van der Waals surface area (Å²) in [7, 11) is 2.06. The highest BCUT2D eigenvalue weighted by Gasteiger charge is 2.19. The first kappa shape index (κ1) is 15.2. The fourth-order valence-electron chi connectivity index (χ4n) is 1.96. The Morgan fingerprint density at radius 3 is 3.16 bits per heavy atom. The molecule has 19 heavy (non-hydrogen) atoms. The molecule has 1 amide bonds. The Balaban J connectivity index is 1.92. The average molecular weight is 439 g/mol. The summed E-state index contributed by atoms with van der Waals surface area (Å²) in [6.45, 7) is 3.08. The molecule has 1 atom stereocenters. The minimum atomic E-state index is -0.0532. The van der Waals surface area contributed by atoms with Gasteiger partial charge in [-0.2, -0.15) is 0 Å². The van der Waals surface area contributed by atoms with Gasteiger partial charge in [0.25, 0.3) is 5.91 Å². The maximum Gasteiger partial charge on any atom is 0.252 e. The molecule has 0 saturated carbocycles. The van der Waals surface area contributed by atoms with Crippen LogP contribution in [0.4, 0.5) is 0 Å². The molecule has 104 valence electrons. The Bertz CT molecular complexity index is 470. The van der Waals surface area contributed by atoms with Crippen LogP contribution in [-0.4, -0.2) is 50.2 Å². The number of rotatable bonds is 3. The van der Waals surface area contributed by atoms with Gasteiger partial charge >= 0.3 is 0 Å². The van der Waals surface area contributed by atoms with Crippen LogP contribution in [0.2, 0.25) is 0 Å². The number of hydrogen-bond acceptors (Lipinski definition) is 3. The Kier molecular flexibility index (Phi) is 5.61. The van der Waals surface area contributed by atoms with E-state index in [1.54, 1.807) is 0 Å². The van der Waals surface area contributed by atoms with Crippen molar-refractivity contribution in [3.8, 4) is 0 Å². The van der Waals surface area contributed by atoms with Crippen LogP contribution in [0.25, 0.3) is 0 Å². The zero-order valence-electron chi connectivity index (χ0n) is 10.7. The molecule has 6 heteroatoms. The van der Waals surface area contributed by atoms with Crippen LogP contribution < -0.4 is 5.32 Å². The maximum absolute atomic E-state index is 12.1. The first-order chi connectivity index (χ1) is 9.06. The van der Waals surface area contributed by atoms with Gasteiger partial charge in [0.1, 0.15) is 0 Å². The lowest BCUT2D eigenvalue weighted by atomic mass is 10.2. The van der Waals surface area contributed by atoms with E-state index in [0.29, 0.717) is 12.1 Å². The molecule has 1 fully saturated rings. The van der Waals surface area contributed by atoms with Gasteiger partial charge in [-0.25, -0.2) is 0 Å². The first-order valence-electron chi connectivity index (χ1n) is 6.09. The molecular weight excluding hydrogens is 423 g/mol. The average Bonchev–Trinajstić information content (AvgIpc) is 2.39. The summed E-state index contributed by atoms with van der Waals surface area (Å²) >= 11 is 5.55. The molecule has 0 aromatic heterocycles. The Morgan fingerprint density at radius 2 is 2.42 bits per heavy atom. The number of likely N-dealkylation sites (N-methyl/N-ethyl adjacent to an activating group) is 1. The zero-order valence-corrected chi connectivity index (χ0v) is 14.4. The first-order valence-corrected chi connectivity index (χ1v) is 7.97. The van der Waals surface area contributed by atoms with Gasteiger partial charge in [0.15, 0.2) is 0 Å². The monoisotopic (exact) mass is 438 g/mol. The second-order valence-electron chi connectivity index (χ2n) is 4.59. The van der Waals surface area contributed by atoms with Crippen molar-refractivity contribution in [1.29, 1.82) is 0 Å². The van der Waals surface area contributed by atoms with E-state index in [1.165, 1.54) is 0 Å². The van der Waals surface area contributed by atoms with Crippen LogP contribution in [0.1, 0.15) is 10.4 Å². The maximum atomic E-state index is 12.1. The van der Waals surface area contributed by atoms with Crippen LogP contribution in [0.15, 0.2) is 22.7 Å². The van der Waals surface area contributed by atoms with Crippen LogP contribution in [0.5, 0.6) is 0 Å². The van der Waals surface area contributed by atoms with E-state index in [1.807, 2.05) is 18.2 Å². The van der Waals surface area contributed by atoms with E-state index < -0.39 is 0 Å². The summed E-state index contributed by atoms with van der Waals surface area (Å²) in [4.78, 5) is 14.3. The molecule has 0 aliphatic carbocycles. The number of hydrogen-bond donors (Lipinski definition) is 1. The lowest BCUT2D eigenvalue weighted by Crippen LogP contribution is -2.46. The van der Waals surface area contributed by atoms with Crippen LogP contribution in [-0.2, 0) is 4.74 Å². The van der Waals surface area contributed by atoms with Crippen molar-refractivity contribution in [3.63, 3.8) is 0 Å². The molecule has 2 rings (SSSR count). The fraction of sp³-hybridized carbons (Fsp3) is 0.462. The molecule has 0 spiro atoms. The van der Waals surface area contributed by atoms with Gasteiger partial charge in [-0.3, -0.25) is 4.79 Å². The number of carbonyl (C=O) groups excluding carboxylic acids is 1. The number of morpholine rings is 1. The predicted molar refractivity (Wildman–Crippen MR) is 86.4 cm³/mol. The molecule has 0 bridgehead atoms. The summed E-state index contributed by atoms with van der Waals surface area (Å²) in [5.41, 5.74) is 0.694. The minimum absolute atomic E-state index is 0.0532. The van der Waals surface area contributed by atoms with Crippen molar-refractivity contribution >= 4 is 44.4 Å². The van der Waals surface area contributed by atoms with Crippen LogP contribution in [0, 0.1) is 3.57 Å². The van der Waals surface area contributed by atoms with Crippen molar-refractivity contribution in [2.24, 2.45) is 0 Å². The normalized spacial score (nSPS) is 20.3. The number of ether oxygens (including phenoxy) is 1. The molecule has 1 aromatic carbocycles. The van der Waals surface area contributed by atoms with E-state index in [2.05, 4.69) is 55.8 Å². The van der Waals surface area contributed by atoms with Crippen molar-refractivity contribution in [3.05, 3.63) is 31.8 Å². The molecular formula is C13H16BrIN2O2. The molecule has 1 saturated heterocycles. The zero-order chi connectivity index (χ0) is 13.8. The molecule has 1 N–H and O–H groups in total. The van der Waals surface area contributed by atoms with Crippen LogP contribution in [0.3, 0.4) is 0 Å². The Labute approximate surface area is 135 Å². The number of nitrogens with zero attached hydrogens (tertiary/aromatic N) is 1. The SMILES string of the molecule is CN1CCOC(CNC(=O)c2cc(Br)ccc2I)C1. The van der Waals surface area contributed by atoms with Gasteiger partial charge in [-0.05, 0) is 47.8 Å². The standard InChI is InChI=1S/C13H16BrIN2O2/c1-17-4-5-19-10(8-17)7-16-13(18)11-6-9(14)2-3-12(11)15/h2-3,6,10H,4-5,7-8H2,1H3,(H,16,18). The third kappa shape index (κ3) is 4.40. The number of benzene rings is 1. The highest BCUT2D eigenvalue weighted by molar-refractivity contribution is 14.1. The summed E-state index contributed by atoms with van der Waals surface area (Å²) in [6, 6.07) is 5.69. The second-order valence-corrected chi connectivity index (χ2v) is 6.67. The second kappa shape index (κ2) is 7.01. The van der Waals surface area contributed by atoms with E-state index >= 15 is 0 Å². The quantitative estimate of drug-likeness (QED) is 0.735. The summed E-state index contributed by atoms with van der Waals surface area (Å²) < 4.78 is 7.47. The van der Waals surface area contributed by atoms with Gasteiger partial charge in [0, 0.05) is 27.7 Å². The molecule has 4 nitrogen and oxygen atoms in total. The lowest BCUT2D eigenvalue weighted by molar-refractivity contribution is -0.0175. The topological polar surface area (TPSA) is 41.6 Å². The van der Waals surface area contributed by atoms with Gasteiger partial charge < -0.3 is 15.0 Å². The third-order valence-corrected chi connectivity index (χ3v) is 4.44. The third-order valence-electron chi connectivity index (χ3n) is 3.01. The van der Waals surface area contributed by atoms with E-state index in [9.17, 15) is 4.79 Å². The van der Waals surface area contributed by atoms with Gasteiger partial charge in [-0.15, -0.1) is 0 Å². The highest BCUT2D eigenvalue weighted by Crippen LogP contribution is 2.18. The van der Waals surface area contributed by atoms with Crippen molar-refractivity contribution in [1.82, 2.24) is 10.2 Å². The van der Waals surface area contributed by atoms with Crippen molar-refractivity contribution in [2.45, 2.75) is 6.10 Å². The highest BCUT2D eigenvalue weighted by atomic mass is 127. The van der Waals surface area contributed by atoms with E-state index in [4.69, 9.17) is 4.74 Å². The Morgan fingerprint density at radius 1 is 1.63 bits per heavy atom. The number of nitrogens with one attached hydrogen (secondary N) is 1. The molecule has 1 heterocycles. The predicted octanol–water partition coefficient (Wildman–Crippen LogP) is 2.11. The smallest absolute Gasteiger partial charge is 0.252 e. The van der Waals surface area contributed by atoms with Gasteiger partial charge in [0.2, 0.25) is 0 Å². The lowest BCUT2D eigenvalue weighted by Gasteiger charge is -2.30. The molecule has 1 aliphatic rings. The number of amides is 1. The molecule has 1 aliphatic heterocycles. The largest absolute Gasteiger partial charge is 0.374 e. The molecule has 1 aromatic rings. The fourth-order valence-corrected chi connectivity index (χ4v) is 2.91. The summed E-state index contributed by atoms with van der Waals surface area (Å²) in [5, 5.41) is 2.94. The van der Waals surface area contributed by atoms with Crippen molar-refractivity contribution in [2.75, 3.05) is 33.3 Å².